The zero-order valence-corrected chi connectivity index (χ0v) is 10.4. The van der Waals surface area contributed by atoms with Crippen LogP contribution in [0.1, 0.15) is 39.5 Å². The number of aliphatic hydroxyl groups is 1. The number of hydrogen-bond donors (Lipinski definition) is 1. The lowest BCUT2D eigenvalue weighted by Gasteiger charge is -2.23. The zero-order chi connectivity index (χ0) is 12.1. The van der Waals surface area contributed by atoms with Crippen LogP contribution in [-0.2, 0) is 14.6 Å². The van der Waals surface area contributed by atoms with E-state index in [0.717, 1.165) is 6.26 Å². The molecule has 0 aliphatic carbocycles. The minimum Gasteiger partial charge on any atom is -0.382 e. The lowest BCUT2D eigenvalue weighted by atomic mass is 9.90. The Hall–Kier alpha value is -0.420. The molecule has 1 N–H and O–H groups in total. The van der Waals surface area contributed by atoms with E-state index in [1.807, 2.05) is 0 Å². The molecule has 0 amide bonds. The first-order valence-corrected chi connectivity index (χ1v) is 7.24. The third-order valence-corrected chi connectivity index (χ3v) is 3.64. The van der Waals surface area contributed by atoms with Crippen LogP contribution in [0, 0.1) is 0 Å². The van der Waals surface area contributed by atoms with Crippen molar-refractivity contribution in [2.75, 3.05) is 12.0 Å². The third kappa shape index (κ3) is 5.28. The van der Waals surface area contributed by atoms with Crippen molar-refractivity contribution >= 4 is 15.6 Å². The zero-order valence-electron chi connectivity index (χ0n) is 9.62. The van der Waals surface area contributed by atoms with Gasteiger partial charge in [0.05, 0.1) is 5.75 Å². The minimum absolute atomic E-state index is 0.00223. The summed E-state index contributed by atoms with van der Waals surface area (Å²) in [6, 6.07) is 0. The summed E-state index contributed by atoms with van der Waals surface area (Å²) < 4.78 is 21.7. The molecule has 0 bridgehead atoms. The van der Waals surface area contributed by atoms with Gasteiger partial charge >= 0.3 is 0 Å². The Morgan fingerprint density at radius 2 is 1.73 bits per heavy atom. The van der Waals surface area contributed by atoms with E-state index >= 15 is 0 Å². The van der Waals surface area contributed by atoms with Crippen LogP contribution in [0.25, 0.3) is 0 Å². The van der Waals surface area contributed by atoms with Gasteiger partial charge in [-0.05, 0) is 19.3 Å². The maximum atomic E-state index is 11.6. The highest BCUT2D eigenvalue weighted by molar-refractivity contribution is 7.90. The topological polar surface area (TPSA) is 71.4 Å². The average Bonchev–Trinajstić information content (AvgIpc) is 2.14. The molecule has 0 saturated carbocycles. The number of rotatable bonds is 7. The molecule has 4 nitrogen and oxygen atoms in total. The lowest BCUT2D eigenvalue weighted by molar-refractivity contribution is -0.138. The Morgan fingerprint density at radius 1 is 1.27 bits per heavy atom. The normalized spacial score (nSPS) is 12.8. The highest BCUT2D eigenvalue weighted by Gasteiger charge is 2.30. The van der Waals surface area contributed by atoms with Crippen LogP contribution in [0.5, 0.6) is 0 Å². The number of sulfone groups is 1. The largest absolute Gasteiger partial charge is 0.382 e. The van der Waals surface area contributed by atoms with E-state index in [4.69, 9.17) is 0 Å². The fourth-order valence-electron chi connectivity index (χ4n) is 1.37. The molecular formula is C10H20O4S. The lowest BCUT2D eigenvalue weighted by Crippen LogP contribution is -2.37. The van der Waals surface area contributed by atoms with Crippen LogP contribution in [0.15, 0.2) is 0 Å². The van der Waals surface area contributed by atoms with Crippen LogP contribution in [0.4, 0.5) is 0 Å². The Bertz CT molecular complexity index is 301. The van der Waals surface area contributed by atoms with Crippen molar-refractivity contribution in [2.24, 2.45) is 0 Å². The van der Waals surface area contributed by atoms with Crippen molar-refractivity contribution in [3.8, 4) is 0 Å². The quantitative estimate of drug-likeness (QED) is 0.714. The number of carbonyl (C=O) groups excluding carboxylic acids is 1. The second kappa shape index (κ2) is 5.61. The smallest absolute Gasteiger partial charge is 0.164 e. The number of Topliss-reactive ketones (excluding diaryl/α,β-unsaturated/α-hetero) is 1. The minimum atomic E-state index is -3.01. The first-order valence-electron chi connectivity index (χ1n) is 5.18. The molecule has 0 aromatic rings. The van der Waals surface area contributed by atoms with Crippen molar-refractivity contribution in [2.45, 2.75) is 45.1 Å². The van der Waals surface area contributed by atoms with E-state index < -0.39 is 15.4 Å². The van der Waals surface area contributed by atoms with Gasteiger partial charge in [-0.25, -0.2) is 8.42 Å². The Balaban J connectivity index is 4.15. The molecule has 0 spiro atoms. The molecule has 90 valence electrons. The van der Waals surface area contributed by atoms with Gasteiger partial charge in [0.1, 0.15) is 15.4 Å². The number of hydrogen-bond acceptors (Lipinski definition) is 4. The van der Waals surface area contributed by atoms with Crippen molar-refractivity contribution < 1.29 is 18.3 Å². The van der Waals surface area contributed by atoms with Gasteiger partial charge in [0.15, 0.2) is 5.78 Å². The fraction of sp³-hybridized carbons (Fsp3) is 0.900. The standard InChI is InChI=1S/C10H20O4S/c1-4-10(12,5-2)9(11)7-6-8-15(3,13)14/h12H,4-8H2,1-3H3. The number of carbonyl (C=O) groups is 1. The Kier molecular flexibility index (Phi) is 5.45. The van der Waals surface area contributed by atoms with Gasteiger partial charge in [0.25, 0.3) is 0 Å². The van der Waals surface area contributed by atoms with Gasteiger partial charge in [-0.3, -0.25) is 4.79 Å². The van der Waals surface area contributed by atoms with Crippen molar-refractivity contribution in [1.29, 1.82) is 0 Å². The number of ketones is 1. The van der Waals surface area contributed by atoms with Crippen molar-refractivity contribution in [1.82, 2.24) is 0 Å². The van der Waals surface area contributed by atoms with E-state index in [1.165, 1.54) is 0 Å². The summed E-state index contributed by atoms with van der Waals surface area (Å²) in [5.74, 6) is -0.251. The summed E-state index contributed by atoms with van der Waals surface area (Å²) in [4.78, 5) is 11.6. The van der Waals surface area contributed by atoms with E-state index in [9.17, 15) is 18.3 Å². The molecule has 0 aromatic carbocycles. The van der Waals surface area contributed by atoms with Crippen molar-refractivity contribution in [3.05, 3.63) is 0 Å². The van der Waals surface area contributed by atoms with E-state index in [1.54, 1.807) is 13.8 Å². The monoisotopic (exact) mass is 236 g/mol. The van der Waals surface area contributed by atoms with Gasteiger partial charge in [-0.1, -0.05) is 13.8 Å². The predicted molar refractivity (Wildman–Crippen MR) is 59.5 cm³/mol. The maximum absolute atomic E-state index is 11.6. The maximum Gasteiger partial charge on any atom is 0.164 e. The second-order valence-electron chi connectivity index (χ2n) is 3.90. The van der Waals surface area contributed by atoms with Gasteiger partial charge in [-0.2, -0.15) is 0 Å². The third-order valence-electron chi connectivity index (χ3n) is 2.61. The highest BCUT2D eigenvalue weighted by Crippen LogP contribution is 2.18. The molecule has 0 heterocycles. The highest BCUT2D eigenvalue weighted by atomic mass is 32.2. The van der Waals surface area contributed by atoms with Gasteiger partial charge < -0.3 is 5.11 Å². The van der Waals surface area contributed by atoms with Crippen molar-refractivity contribution in [3.63, 3.8) is 0 Å². The molecular weight excluding hydrogens is 216 g/mol. The molecule has 0 radical (unpaired) electrons. The average molecular weight is 236 g/mol. The molecule has 5 heteroatoms. The summed E-state index contributed by atoms with van der Waals surface area (Å²) in [7, 11) is -3.01. The molecule has 15 heavy (non-hydrogen) atoms. The van der Waals surface area contributed by atoms with Crippen LogP contribution in [0.2, 0.25) is 0 Å². The molecule has 0 aliphatic heterocycles. The van der Waals surface area contributed by atoms with E-state index in [2.05, 4.69) is 0 Å². The fourth-order valence-corrected chi connectivity index (χ4v) is 2.04. The van der Waals surface area contributed by atoms with Crippen LogP contribution < -0.4 is 0 Å². The molecule has 0 fully saturated rings. The molecule has 0 unspecified atom stereocenters. The Labute approximate surface area is 91.6 Å². The van der Waals surface area contributed by atoms with Gasteiger partial charge in [-0.15, -0.1) is 0 Å². The summed E-state index contributed by atoms with van der Waals surface area (Å²) in [5.41, 5.74) is -1.27. The summed E-state index contributed by atoms with van der Waals surface area (Å²) >= 11 is 0. The van der Waals surface area contributed by atoms with E-state index in [0.29, 0.717) is 19.3 Å². The molecule has 0 atom stereocenters. The molecule has 0 aliphatic rings. The van der Waals surface area contributed by atoms with Gasteiger partial charge in [0, 0.05) is 12.7 Å². The first kappa shape index (κ1) is 14.6. The summed E-state index contributed by atoms with van der Waals surface area (Å²) in [6.45, 7) is 3.50. The summed E-state index contributed by atoms with van der Waals surface area (Å²) in [6.07, 6.45) is 2.32. The van der Waals surface area contributed by atoms with Crippen LogP contribution in [-0.4, -0.2) is 36.9 Å². The van der Waals surface area contributed by atoms with Gasteiger partial charge in [0.2, 0.25) is 0 Å². The van der Waals surface area contributed by atoms with Crippen LogP contribution >= 0.6 is 0 Å². The van der Waals surface area contributed by atoms with Crippen LogP contribution in [0.3, 0.4) is 0 Å². The molecule has 0 rings (SSSR count). The van der Waals surface area contributed by atoms with E-state index in [-0.39, 0.29) is 18.0 Å². The first-order chi connectivity index (χ1) is 6.75. The SMILES string of the molecule is CCC(O)(CC)C(=O)CCCS(C)(=O)=O. The predicted octanol–water partition coefficient (Wildman–Crippen LogP) is 0.931. The summed E-state index contributed by atoms with van der Waals surface area (Å²) in [5, 5.41) is 9.83. The molecule has 0 saturated heterocycles. The second-order valence-corrected chi connectivity index (χ2v) is 6.16. The molecule has 0 aromatic heterocycles. The Morgan fingerprint density at radius 3 is 2.07 bits per heavy atom.